The van der Waals surface area contributed by atoms with Crippen molar-refractivity contribution in [3.8, 4) is 11.3 Å². The molecule has 5 heteroatoms. The number of hydrogen-bond acceptors (Lipinski definition) is 4. The third kappa shape index (κ3) is 2.66. The van der Waals surface area contributed by atoms with Gasteiger partial charge in [-0.3, -0.25) is 4.68 Å². The molecule has 17 heavy (non-hydrogen) atoms. The standard InChI is InChI=1S/C12H18N4S/c1-3-5-10-15-11(12(13)17-10)9-7-14-16(8-9)6-4-2/h7-8H,3-6,13H2,1-2H3. The molecule has 0 aliphatic carbocycles. The van der Waals surface area contributed by atoms with Crippen molar-refractivity contribution in [2.24, 2.45) is 0 Å². The molecule has 2 rings (SSSR count). The molecule has 0 bridgehead atoms. The Labute approximate surface area is 105 Å². The van der Waals surface area contributed by atoms with Gasteiger partial charge in [-0.2, -0.15) is 5.10 Å². The van der Waals surface area contributed by atoms with Gasteiger partial charge < -0.3 is 5.73 Å². The van der Waals surface area contributed by atoms with Gasteiger partial charge in [-0.25, -0.2) is 4.98 Å². The van der Waals surface area contributed by atoms with Crippen LogP contribution in [0.3, 0.4) is 0 Å². The highest BCUT2D eigenvalue weighted by molar-refractivity contribution is 7.16. The lowest BCUT2D eigenvalue weighted by atomic mass is 10.2. The maximum atomic E-state index is 6.01. The number of aromatic nitrogens is 3. The van der Waals surface area contributed by atoms with Gasteiger partial charge in [0.25, 0.3) is 0 Å². The van der Waals surface area contributed by atoms with Crippen LogP contribution in [-0.4, -0.2) is 14.8 Å². The van der Waals surface area contributed by atoms with Gasteiger partial charge in [0, 0.05) is 18.3 Å². The number of anilines is 1. The summed E-state index contributed by atoms with van der Waals surface area (Å²) in [4.78, 5) is 4.58. The van der Waals surface area contributed by atoms with Crippen molar-refractivity contribution in [1.82, 2.24) is 14.8 Å². The summed E-state index contributed by atoms with van der Waals surface area (Å²) in [6, 6.07) is 0. The average Bonchev–Trinajstić information content (AvgIpc) is 2.87. The summed E-state index contributed by atoms with van der Waals surface area (Å²) in [5, 5.41) is 6.21. The monoisotopic (exact) mass is 250 g/mol. The molecule has 0 aromatic carbocycles. The first-order valence-electron chi connectivity index (χ1n) is 6.02. The number of aryl methyl sites for hydroxylation is 2. The van der Waals surface area contributed by atoms with E-state index in [4.69, 9.17) is 5.73 Å². The van der Waals surface area contributed by atoms with Crippen molar-refractivity contribution in [1.29, 1.82) is 0 Å². The van der Waals surface area contributed by atoms with Gasteiger partial charge in [-0.15, -0.1) is 11.3 Å². The van der Waals surface area contributed by atoms with Crippen LogP contribution in [0.4, 0.5) is 5.00 Å². The Morgan fingerprint density at radius 3 is 2.88 bits per heavy atom. The van der Waals surface area contributed by atoms with Gasteiger partial charge in [-0.05, 0) is 19.3 Å². The van der Waals surface area contributed by atoms with Gasteiger partial charge in [0.15, 0.2) is 0 Å². The van der Waals surface area contributed by atoms with Crippen LogP contribution in [-0.2, 0) is 13.0 Å². The summed E-state index contributed by atoms with van der Waals surface area (Å²) in [6.07, 6.45) is 7.04. The molecule has 92 valence electrons. The SMILES string of the molecule is CCCc1nc(-c2cnn(CCC)c2)c(N)s1. The van der Waals surface area contributed by atoms with Crippen molar-refractivity contribution in [3.05, 3.63) is 17.4 Å². The molecular formula is C12H18N4S. The number of rotatable bonds is 5. The third-order valence-electron chi connectivity index (χ3n) is 2.52. The smallest absolute Gasteiger partial charge is 0.114 e. The molecule has 2 aromatic rings. The molecule has 2 N–H and O–H groups in total. The summed E-state index contributed by atoms with van der Waals surface area (Å²) < 4.78 is 1.94. The summed E-state index contributed by atoms with van der Waals surface area (Å²) >= 11 is 1.59. The first-order valence-corrected chi connectivity index (χ1v) is 6.84. The van der Waals surface area contributed by atoms with Gasteiger partial charge in [-0.1, -0.05) is 13.8 Å². The Morgan fingerprint density at radius 2 is 2.18 bits per heavy atom. The number of nitrogens with zero attached hydrogens (tertiary/aromatic N) is 3. The first kappa shape index (κ1) is 12.1. The maximum absolute atomic E-state index is 6.01. The molecule has 0 fully saturated rings. The van der Waals surface area contributed by atoms with E-state index in [0.29, 0.717) is 0 Å². The zero-order valence-corrected chi connectivity index (χ0v) is 11.1. The minimum Gasteiger partial charge on any atom is -0.389 e. The number of thiazole rings is 1. The van der Waals surface area contributed by atoms with E-state index in [2.05, 4.69) is 23.9 Å². The van der Waals surface area contributed by atoms with Crippen LogP contribution in [0.2, 0.25) is 0 Å². The van der Waals surface area contributed by atoms with Crippen molar-refractivity contribution < 1.29 is 0 Å². The van der Waals surface area contributed by atoms with Crippen LogP contribution in [0.5, 0.6) is 0 Å². The summed E-state index contributed by atoms with van der Waals surface area (Å²) in [6.45, 7) is 5.22. The van der Waals surface area contributed by atoms with E-state index in [-0.39, 0.29) is 0 Å². The van der Waals surface area contributed by atoms with Crippen molar-refractivity contribution in [2.45, 2.75) is 39.7 Å². The van der Waals surface area contributed by atoms with Crippen LogP contribution >= 0.6 is 11.3 Å². The Balaban J connectivity index is 2.25. The van der Waals surface area contributed by atoms with Crippen LogP contribution in [0.25, 0.3) is 11.3 Å². The topological polar surface area (TPSA) is 56.7 Å². The predicted molar refractivity (Wildman–Crippen MR) is 72.0 cm³/mol. The molecule has 0 amide bonds. The lowest BCUT2D eigenvalue weighted by Gasteiger charge is -1.95. The van der Waals surface area contributed by atoms with E-state index in [1.165, 1.54) is 0 Å². The van der Waals surface area contributed by atoms with Crippen molar-refractivity contribution in [3.63, 3.8) is 0 Å². The maximum Gasteiger partial charge on any atom is 0.114 e. The molecule has 0 saturated carbocycles. The zero-order valence-electron chi connectivity index (χ0n) is 10.3. The second-order valence-corrected chi connectivity index (χ2v) is 5.18. The van der Waals surface area contributed by atoms with Crippen LogP contribution in [0, 0.1) is 0 Å². The van der Waals surface area contributed by atoms with E-state index < -0.39 is 0 Å². The highest BCUT2D eigenvalue weighted by Gasteiger charge is 2.11. The molecule has 0 spiro atoms. The second-order valence-electron chi connectivity index (χ2n) is 4.06. The summed E-state index contributed by atoms with van der Waals surface area (Å²) in [5.74, 6) is 0. The quantitative estimate of drug-likeness (QED) is 0.887. The Bertz CT molecular complexity index is 486. The van der Waals surface area contributed by atoms with Crippen LogP contribution in [0.15, 0.2) is 12.4 Å². The average molecular weight is 250 g/mol. The number of nitrogens with two attached hydrogens (primary N) is 1. The number of hydrogen-bond donors (Lipinski definition) is 1. The fraction of sp³-hybridized carbons (Fsp3) is 0.500. The molecule has 0 unspecified atom stereocenters. The minimum absolute atomic E-state index is 0.796. The van der Waals surface area contributed by atoms with Crippen LogP contribution < -0.4 is 5.73 Å². The minimum atomic E-state index is 0.796. The van der Waals surface area contributed by atoms with E-state index >= 15 is 0 Å². The van der Waals surface area contributed by atoms with Gasteiger partial charge in [0.2, 0.25) is 0 Å². The predicted octanol–water partition coefficient (Wildman–Crippen LogP) is 2.95. The van der Waals surface area contributed by atoms with Gasteiger partial charge >= 0.3 is 0 Å². The molecule has 2 heterocycles. The van der Waals surface area contributed by atoms with Gasteiger partial charge in [0.1, 0.15) is 10.7 Å². The molecular weight excluding hydrogens is 232 g/mol. The largest absolute Gasteiger partial charge is 0.389 e. The summed E-state index contributed by atoms with van der Waals surface area (Å²) in [5.41, 5.74) is 7.92. The van der Waals surface area contributed by atoms with E-state index in [1.807, 2.05) is 17.1 Å². The Hall–Kier alpha value is -1.36. The van der Waals surface area contributed by atoms with E-state index in [1.54, 1.807) is 11.3 Å². The molecule has 0 atom stereocenters. The first-order chi connectivity index (χ1) is 8.24. The molecule has 0 radical (unpaired) electrons. The highest BCUT2D eigenvalue weighted by atomic mass is 32.1. The molecule has 0 aliphatic rings. The normalized spacial score (nSPS) is 10.9. The fourth-order valence-corrected chi connectivity index (χ4v) is 2.70. The Morgan fingerprint density at radius 1 is 1.35 bits per heavy atom. The Kier molecular flexibility index (Phi) is 3.78. The second kappa shape index (κ2) is 5.31. The lowest BCUT2D eigenvalue weighted by molar-refractivity contribution is 0.603. The van der Waals surface area contributed by atoms with Crippen LogP contribution in [0.1, 0.15) is 31.7 Å². The third-order valence-corrected chi connectivity index (χ3v) is 3.47. The summed E-state index contributed by atoms with van der Waals surface area (Å²) in [7, 11) is 0. The lowest BCUT2D eigenvalue weighted by Crippen LogP contribution is -1.95. The van der Waals surface area contributed by atoms with Gasteiger partial charge in [0.05, 0.1) is 11.2 Å². The zero-order chi connectivity index (χ0) is 12.3. The number of nitrogen functional groups attached to an aromatic ring is 1. The van der Waals surface area contributed by atoms with E-state index in [9.17, 15) is 0 Å². The fourth-order valence-electron chi connectivity index (χ4n) is 1.74. The molecule has 2 aromatic heterocycles. The van der Waals surface area contributed by atoms with Crippen molar-refractivity contribution in [2.75, 3.05) is 5.73 Å². The molecule has 0 aliphatic heterocycles. The molecule has 4 nitrogen and oxygen atoms in total. The molecule has 0 saturated heterocycles. The van der Waals surface area contributed by atoms with Crippen molar-refractivity contribution >= 4 is 16.3 Å². The van der Waals surface area contributed by atoms with E-state index in [0.717, 1.165) is 47.1 Å². The highest BCUT2D eigenvalue weighted by Crippen LogP contribution is 2.30.